The lowest BCUT2D eigenvalue weighted by Gasteiger charge is -2.36. The standard InChI is InChI=1S/C23H31FN4O3S/c24-18-3-4-19-20(15-32-21(19)14-18)27-12-10-26(11-13-27)7-1-2-22(29)28-8-5-17(6-9-28)23(30)31-16-25/h3-4,14-15,17H,1-2,5-13,16,25H2. The van der Waals surface area contributed by atoms with E-state index in [2.05, 4.69) is 15.2 Å². The molecule has 174 valence electrons. The van der Waals surface area contributed by atoms with Gasteiger partial charge in [0.15, 0.2) is 0 Å². The summed E-state index contributed by atoms with van der Waals surface area (Å²) in [5, 5.41) is 3.24. The topological polar surface area (TPSA) is 79.1 Å². The van der Waals surface area contributed by atoms with Crippen molar-refractivity contribution in [2.45, 2.75) is 25.7 Å². The third-order valence-electron chi connectivity index (χ3n) is 6.50. The molecule has 2 saturated heterocycles. The molecule has 4 rings (SSSR count). The van der Waals surface area contributed by atoms with Crippen molar-refractivity contribution in [2.75, 3.05) is 57.4 Å². The number of piperidine rings is 1. The third kappa shape index (κ3) is 5.39. The Hall–Kier alpha value is -2.23. The quantitative estimate of drug-likeness (QED) is 0.504. The van der Waals surface area contributed by atoms with E-state index in [4.69, 9.17) is 10.5 Å². The SMILES string of the molecule is NCOC(=O)C1CCN(C(=O)CCCN2CCN(c3csc4cc(F)ccc34)CC2)CC1. The summed E-state index contributed by atoms with van der Waals surface area (Å²) in [4.78, 5) is 31.0. The largest absolute Gasteiger partial charge is 0.450 e. The number of anilines is 1. The number of halogens is 1. The molecule has 0 atom stereocenters. The van der Waals surface area contributed by atoms with Crippen molar-refractivity contribution in [1.82, 2.24) is 9.80 Å². The maximum absolute atomic E-state index is 13.4. The highest BCUT2D eigenvalue weighted by atomic mass is 32.1. The maximum atomic E-state index is 13.4. The van der Waals surface area contributed by atoms with E-state index in [0.29, 0.717) is 32.4 Å². The number of esters is 1. The molecule has 0 radical (unpaired) electrons. The van der Waals surface area contributed by atoms with Crippen LogP contribution >= 0.6 is 11.3 Å². The average molecular weight is 463 g/mol. The summed E-state index contributed by atoms with van der Waals surface area (Å²) in [6.07, 6.45) is 2.68. The summed E-state index contributed by atoms with van der Waals surface area (Å²) < 4.78 is 19.3. The number of nitrogens with zero attached hydrogens (tertiary/aromatic N) is 3. The Labute approximate surface area is 191 Å². The number of hydrogen-bond donors (Lipinski definition) is 1. The molecule has 32 heavy (non-hydrogen) atoms. The van der Waals surface area contributed by atoms with Crippen molar-refractivity contribution in [1.29, 1.82) is 0 Å². The van der Waals surface area contributed by atoms with Gasteiger partial charge in [0.25, 0.3) is 0 Å². The molecule has 0 aliphatic carbocycles. The molecule has 2 aliphatic heterocycles. The summed E-state index contributed by atoms with van der Waals surface area (Å²) in [6.45, 7) is 5.83. The van der Waals surface area contributed by atoms with E-state index in [0.717, 1.165) is 49.2 Å². The Morgan fingerprint density at radius 1 is 1.12 bits per heavy atom. The maximum Gasteiger partial charge on any atom is 0.310 e. The van der Waals surface area contributed by atoms with Crippen molar-refractivity contribution in [3.8, 4) is 0 Å². The summed E-state index contributed by atoms with van der Waals surface area (Å²) in [6, 6.07) is 5.00. The van der Waals surface area contributed by atoms with Gasteiger partial charge in [-0.3, -0.25) is 20.2 Å². The molecule has 3 heterocycles. The minimum Gasteiger partial charge on any atom is -0.450 e. The van der Waals surface area contributed by atoms with Gasteiger partial charge in [-0.2, -0.15) is 0 Å². The summed E-state index contributed by atoms with van der Waals surface area (Å²) in [5.74, 6) is -0.408. The number of hydrogen-bond acceptors (Lipinski definition) is 7. The molecule has 1 aromatic heterocycles. The van der Waals surface area contributed by atoms with Gasteiger partial charge in [0.1, 0.15) is 12.5 Å². The van der Waals surface area contributed by atoms with Gasteiger partial charge in [0, 0.05) is 61.2 Å². The van der Waals surface area contributed by atoms with E-state index in [1.807, 2.05) is 11.0 Å². The highest BCUT2D eigenvalue weighted by Crippen LogP contribution is 2.34. The highest BCUT2D eigenvalue weighted by molar-refractivity contribution is 7.17. The van der Waals surface area contributed by atoms with Crippen LogP contribution in [0, 0.1) is 11.7 Å². The van der Waals surface area contributed by atoms with Crippen molar-refractivity contribution in [3.63, 3.8) is 0 Å². The lowest BCUT2D eigenvalue weighted by atomic mass is 9.97. The van der Waals surface area contributed by atoms with Gasteiger partial charge in [0.2, 0.25) is 5.91 Å². The van der Waals surface area contributed by atoms with Gasteiger partial charge in [-0.05, 0) is 44.0 Å². The number of rotatable bonds is 7. The first kappa shape index (κ1) is 22.9. The molecular weight excluding hydrogens is 431 g/mol. The monoisotopic (exact) mass is 462 g/mol. The molecule has 1 aromatic carbocycles. The normalized spacial score (nSPS) is 18.3. The van der Waals surface area contributed by atoms with Gasteiger partial charge in [-0.15, -0.1) is 11.3 Å². The first-order valence-corrected chi connectivity index (χ1v) is 12.2. The number of carbonyl (C=O) groups is 2. The average Bonchev–Trinajstić information content (AvgIpc) is 3.22. The van der Waals surface area contributed by atoms with Gasteiger partial charge >= 0.3 is 5.97 Å². The predicted octanol–water partition coefficient (Wildman–Crippen LogP) is 2.64. The second-order valence-corrected chi connectivity index (χ2v) is 9.39. The van der Waals surface area contributed by atoms with Crippen molar-refractivity contribution in [3.05, 3.63) is 29.4 Å². The Balaban J connectivity index is 1.16. The molecule has 2 N–H and O–H groups in total. The highest BCUT2D eigenvalue weighted by Gasteiger charge is 2.28. The number of ether oxygens (including phenoxy) is 1. The molecule has 0 bridgehead atoms. The van der Waals surface area contributed by atoms with Crippen molar-refractivity contribution in [2.24, 2.45) is 11.7 Å². The Morgan fingerprint density at radius 2 is 1.88 bits per heavy atom. The molecule has 2 aliphatic rings. The molecule has 9 heteroatoms. The van der Waals surface area contributed by atoms with E-state index < -0.39 is 0 Å². The lowest BCUT2D eigenvalue weighted by Crippen LogP contribution is -2.46. The number of likely N-dealkylation sites (tertiary alicyclic amines) is 1. The molecule has 7 nitrogen and oxygen atoms in total. The summed E-state index contributed by atoms with van der Waals surface area (Å²) in [5.41, 5.74) is 6.45. The van der Waals surface area contributed by atoms with Crippen LogP contribution in [0.5, 0.6) is 0 Å². The second kappa shape index (κ2) is 10.6. The molecule has 0 spiro atoms. The summed E-state index contributed by atoms with van der Waals surface area (Å²) in [7, 11) is 0. The van der Waals surface area contributed by atoms with Gasteiger partial charge in [0.05, 0.1) is 11.6 Å². The van der Waals surface area contributed by atoms with Gasteiger partial charge in [-0.25, -0.2) is 4.39 Å². The number of fused-ring (bicyclic) bond motifs is 1. The van der Waals surface area contributed by atoms with Gasteiger partial charge in [-0.1, -0.05) is 0 Å². The van der Waals surface area contributed by atoms with E-state index in [-0.39, 0.29) is 30.3 Å². The zero-order valence-corrected chi connectivity index (χ0v) is 19.1. The fourth-order valence-corrected chi connectivity index (χ4v) is 5.62. The fraction of sp³-hybridized carbons (Fsp3) is 0.565. The van der Waals surface area contributed by atoms with Crippen LogP contribution in [0.3, 0.4) is 0 Å². The zero-order chi connectivity index (χ0) is 22.5. The number of carbonyl (C=O) groups excluding carboxylic acids is 2. The number of nitrogens with two attached hydrogens (primary N) is 1. The molecular formula is C23H31FN4O3S. The first-order chi connectivity index (χ1) is 15.5. The first-order valence-electron chi connectivity index (χ1n) is 11.3. The minimum absolute atomic E-state index is 0.0872. The smallest absolute Gasteiger partial charge is 0.310 e. The van der Waals surface area contributed by atoms with Crippen LogP contribution in [0.1, 0.15) is 25.7 Å². The zero-order valence-electron chi connectivity index (χ0n) is 18.3. The molecule has 0 unspecified atom stereocenters. The summed E-state index contributed by atoms with van der Waals surface area (Å²) >= 11 is 1.59. The van der Waals surface area contributed by atoms with E-state index in [9.17, 15) is 14.0 Å². The van der Waals surface area contributed by atoms with E-state index in [1.54, 1.807) is 17.4 Å². The lowest BCUT2D eigenvalue weighted by molar-refractivity contribution is -0.151. The van der Waals surface area contributed by atoms with Crippen molar-refractivity contribution < 1.29 is 18.7 Å². The van der Waals surface area contributed by atoms with E-state index in [1.165, 1.54) is 11.8 Å². The minimum atomic E-state index is -0.249. The number of benzene rings is 1. The molecule has 0 saturated carbocycles. The third-order valence-corrected chi connectivity index (χ3v) is 7.43. The number of thiophene rings is 1. The Kier molecular flexibility index (Phi) is 7.59. The van der Waals surface area contributed by atoms with Crippen LogP contribution in [-0.4, -0.2) is 74.2 Å². The fourth-order valence-electron chi connectivity index (χ4n) is 4.62. The van der Waals surface area contributed by atoms with E-state index >= 15 is 0 Å². The van der Waals surface area contributed by atoms with Crippen LogP contribution in [0.25, 0.3) is 10.1 Å². The van der Waals surface area contributed by atoms with Crippen LogP contribution in [-0.2, 0) is 14.3 Å². The van der Waals surface area contributed by atoms with Gasteiger partial charge < -0.3 is 14.5 Å². The Bertz CT molecular complexity index is 936. The number of piperazine rings is 1. The molecule has 2 aromatic rings. The van der Waals surface area contributed by atoms with Crippen molar-refractivity contribution >= 4 is 39.0 Å². The number of amides is 1. The Morgan fingerprint density at radius 3 is 2.59 bits per heavy atom. The predicted molar refractivity (Wildman–Crippen MR) is 124 cm³/mol. The molecule has 1 amide bonds. The van der Waals surface area contributed by atoms with Crippen LogP contribution in [0.4, 0.5) is 10.1 Å². The van der Waals surface area contributed by atoms with Crippen LogP contribution < -0.4 is 10.6 Å². The van der Waals surface area contributed by atoms with Crippen LogP contribution in [0.2, 0.25) is 0 Å². The van der Waals surface area contributed by atoms with Crippen LogP contribution in [0.15, 0.2) is 23.6 Å². The second-order valence-electron chi connectivity index (χ2n) is 8.48. The molecule has 2 fully saturated rings.